The van der Waals surface area contributed by atoms with Gasteiger partial charge >= 0.3 is 6.09 Å². The highest BCUT2D eigenvalue weighted by molar-refractivity contribution is 5.68. The second kappa shape index (κ2) is 8.18. The molecule has 0 aromatic carbocycles. The summed E-state index contributed by atoms with van der Waals surface area (Å²) in [4.78, 5) is 18.1. The average Bonchev–Trinajstić information content (AvgIpc) is 2.51. The van der Waals surface area contributed by atoms with E-state index in [9.17, 15) is 4.79 Å². The lowest BCUT2D eigenvalue weighted by Crippen LogP contribution is -2.42. The average molecular weight is 320 g/mol. The molecule has 0 radical (unpaired) electrons. The van der Waals surface area contributed by atoms with Gasteiger partial charge in [-0.15, -0.1) is 0 Å². The predicted molar refractivity (Wildman–Crippen MR) is 89.5 cm³/mol. The summed E-state index contributed by atoms with van der Waals surface area (Å²) in [7, 11) is 0. The van der Waals surface area contributed by atoms with Gasteiger partial charge in [0, 0.05) is 25.4 Å². The molecule has 2 rings (SSSR count). The number of pyridine rings is 1. The first-order valence-corrected chi connectivity index (χ1v) is 8.46. The molecule has 1 saturated heterocycles. The molecule has 1 atom stereocenters. The molecule has 1 aromatic heterocycles. The Bertz CT molecular complexity index is 485. The molecule has 0 spiro atoms. The highest BCUT2D eigenvalue weighted by atomic mass is 16.6. The van der Waals surface area contributed by atoms with Crippen LogP contribution in [0, 0.1) is 5.92 Å². The summed E-state index contributed by atoms with van der Waals surface area (Å²) in [5.41, 5.74) is -0.430. The van der Waals surface area contributed by atoms with E-state index in [0.29, 0.717) is 18.4 Å². The van der Waals surface area contributed by atoms with Crippen molar-refractivity contribution in [2.45, 2.75) is 52.1 Å². The Morgan fingerprint density at radius 1 is 1.39 bits per heavy atom. The van der Waals surface area contributed by atoms with Gasteiger partial charge in [0.15, 0.2) is 0 Å². The van der Waals surface area contributed by atoms with Gasteiger partial charge in [-0.3, -0.25) is 0 Å². The number of hydrogen-bond acceptors (Lipinski definition) is 4. The van der Waals surface area contributed by atoms with Crippen molar-refractivity contribution < 1.29 is 14.3 Å². The fraction of sp³-hybridized carbons (Fsp3) is 0.667. The molecule has 1 aliphatic rings. The van der Waals surface area contributed by atoms with Crippen molar-refractivity contribution in [1.29, 1.82) is 0 Å². The fourth-order valence-corrected chi connectivity index (χ4v) is 2.77. The Hall–Kier alpha value is -1.78. The van der Waals surface area contributed by atoms with Crippen LogP contribution in [0.25, 0.3) is 0 Å². The molecule has 1 amide bonds. The van der Waals surface area contributed by atoms with Crippen LogP contribution in [-0.2, 0) is 4.74 Å². The van der Waals surface area contributed by atoms with E-state index in [1.54, 1.807) is 6.20 Å². The summed E-state index contributed by atoms with van der Waals surface area (Å²) in [6, 6.07) is 5.66. The number of carbonyl (C=O) groups is 1. The minimum atomic E-state index is -0.430. The number of piperidine rings is 1. The lowest BCUT2D eigenvalue weighted by atomic mass is 9.94. The second-order valence-corrected chi connectivity index (χ2v) is 7.09. The van der Waals surface area contributed by atoms with E-state index in [2.05, 4.69) is 4.98 Å². The lowest BCUT2D eigenvalue weighted by Gasteiger charge is -2.34. The lowest BCUT2D eigenvalue weighted by molar-refractivity contribution is 0.0159. The molecule has 0 saturated carbocycles. The number of ether oxygens (including phenoxy) is 2. The van der Waals surface area contributed by atoms with E-state index in [1.165, 1.54) is 6.42 Å². The van der Waals surface area contributed by atoms with Gasteiger partial charge in [0.25, 0.3) is 0 Å². The third-order valence-corrected chi connectivity index (χ3v) is 3.82. The van der Waals surface area contributed by atoms with Crippen LogP contribution in [0.4, 0.5) is 4.79 Å². The van der Waals surface area contributed by atoms with Gasteiger partial charge < -0.3 is 14.4 Å². The van der Waals surface area contributed by atoms with Crippen LogP contribution < -0.4 is 4.74 Å². The number of likely N-dealkylation sites (tertiary alicyclic amines) is 1. The largest absolute Gasteiger partial charge is 0.478 e. The predicted octanol–water partition coefficient (Wildman–Crippen LogP) is 3.89. The first-order valence-electron chi connectivity index (χ1n) is 8.46. The summed E-state index contributed by atoms with van der Waals surface area (Å²) >= 11 is 0. The van der Waals surface area contributed by atoms with Crippen LogP contribution in [0.15, 0.2) is 24.4 Å². The van der Waals surface area contributed by atoms with Crippen LogP contribution >= 0.6 is 0 Å². The molecular weight excluding hydrogens is 292 g/mol. The number of amides is 1. The molecule has 0 aliphatic carbocycles. The first kappa shape index (κ1) is 17.6. The van der Waals surface area contributed by atoms with Crippen LogP contribution in [0.5, 0.6) is 5.88 Å². The van der Waals surface area contributed by atoms with Crippen LogP contribution in [0.2, 0.25) is 0 Å². The quantitative estimate of drug-likeness (QED) is 0.772. The summed E-state index contributed by atoms with van der Waals surface area (Å²) in [5.74, 6) is 1.20. The zero-order valence-corrected chi connectivity index (χ0v) is 14.5. The maximum atomic E-state index is 12.1. The minimum Gasteiger partial charge on any atom is -0.478 e. The van der Waals surface area contributed by atoms with Crippen LogP contribution in [-0.4, -0.2) is 41.3 Å². The third-order valence-electron chi connectivity index (χ3n) is 3.82. The summed E-state index contributed by atoms with van der Waals surface area (Å²) < 4.78 is 11.1. The maximum Gasteiger partial charge on any atom is 0.410 e. The summed E-state index contributed by atoms with van der Waals surface area (Å²) in [6.45, 7) is 7.97. The number of hydrogen-bond donors (Lipinski definition) is 0. The van der Waals surface area contributed by atoms with Gasteiger partial charge in [-0.1, -0.05) is 6.07 Å². The van der Waals surface area contributed by atoms with Crippen molar-refractivity contribution in [2.75, 3.05) is 19.7 Å². The van der Waals surface area contributed by atoms with Gasteiger partial charge in [0.2, 0.25) is 5.88 Å². The Morgan fingerprint density at radius 2 is 2.22 bits per heavy atom. The topological polar surface area (TPSA) is 51.7 Å². The molecule has 1 aliphatic heterocycles. The van der Waals surface area contributed by atoms with E-state index < -0.39 is 5.60 Å². The van der Waals surface area contributed by atoms with Crippen molar-refractivity contribution in [3.8, 4) is 5.88 Å². The van der Waals surface area contributed by atoms with Crippen molar-refractivity contribution in [2.24, 2.45) is 5.92 Å². The number of aromatic nitrogens is 1. The highest BCUT2D eigenvalue weighted by Crippen LogP contribution is 2.23. The first-order chi connectivity index (χ1) is 10.9. The summed E-state index contributed by atoms with van der Waals surface area (Å²) in [5, 5.41) is 0. The van der Waals surface area contributed by atoms with Gasteiger partial charge in [-0.2, -0.15) is 0 Å². The molecule has 1 fully saturated rings. The third kappa shape index (κ3) is 6.47. The van der Waals surface area contributed by atoms with Gasteiger partial charge in [0.05, 0.1) is 6.61 Å². The van der Waals surface area contributed by atoms with E-state index >= 15 is 0 Å². The smallest absolute Gasteiger partial charge is 0.410 e. The fourth-order valence-electron chi connectivity index (χ4n) is 2.77. The van der Waals surface area contributed by atoms with E-state index in [1.807, 2.05) is 43.9 Å². The zero-order valence-electron chi connectivity index (χ0n) is 14.5. The molecular formula is C18H28N2O3. The molecule has 2 heterocycles. The van der Waals surface area contributed by atoms with E-state index in [4.69, 9.17) is 9.47 Å². The van der Waals surface area contributed by atoms with Crippen LogP contribution in [0.1, 0.15) is 46.5 Å². The Balaban J connectivity index is 1.68. The second-order valence-electron chi connectivity index (χ2n) is 7.09. The Labute approximate surface area is 139 Å². The van der Waals surface area contributed by atoms with E-state index in [0.717, 1.165) is 32.4 Å². The number of carbonyl (C=O) groups excluding carboxylic acids is 1. The van der Waals surface area contributed by atoms with Gasteiger partial charge in [0.1, 0.15) is 5.60 Å². The van der Waals surface area contributed by atoms with Crippen molar-refractivity contribution >= 4 is 6.09 Å². The standard InChI is InChI=1S/C18H28N2O3/c1-18(2,3)23-17(21)20-12-6-8-15(14-20)9-7-13-22-16-10-4-5-11-19-16/h4-5,10-11,15H,6-9,12-14H2,1-3H3. The number of nitrogens with zero attached hydrogens (tertiary/aromatic N) is 2. The monoisotopic (exact) mass is 320 g/mol. The SMILES string of the molecule is CC(C)(C)OC(=O)N1CCCC(CCCOc2ccccn2)C1. The molecule has 0 N–H and O–H groups in total. The highest BCUT2D eigenvalue weighted by Gasteiger charge is 2.27. The van der Waals surface area contributed by atoms with Crippen molar-refractivity contribution in [1.82, 2.24) is 9.88 Å². The normalized spacial score (nSPS) is 18.6. The minimum absolute atomic E-state index is 0.188. The van der Waals surface area contributed by atoms with E-state index in [-0.39, 0.29) is 6.09 Å². The molecule has 5 heteroatoms. The molecule has 1 aromatic rings. The maximum absolute atomic E-state index is 12.1. The van der Waals surface area contributed by atoms with Crippen LogP contribution in [0.3, 0.4) is 0 Å². The van der Waals surface area contributed by atoms with Gasteiger partial charge in [-0.05, 0) is 58.4 Å². The van der Waals surface area contributed by atoms with Crippen molar-refractivity contribution in [3.05, 3.63) is 24.4 Å². The van der Waals surface area contributed by atoms with Crippen molar-refractivity contribution in [3.63, 3.8) is 0 Å². The molecule has 5 nitrogen and oxygen atoms in total. The summed E-state index contributed by atoms with van der Waals surface area (Å²) in [6.07, 6.45) is 5.80. The molecule has 23 heavy (non-hydrogen) atoms. The van der Waals surface area contributed by atoms with Gasteiger partial charge in [-0.25, -0.2) is 9.78 Å². The Morgan fingerprint density at radius 3 is 2.91 bits per heavy atom. The zero-order chi connectivity index (χ0) is 16.7. The molecule has 128 valence electrons. The molecule has 1 unspecified atom stereocenters. The molecule has 0 bridgehead atoms. The number of rotatable bonds is 5. The Kier molecular flexibility index (Phi) is 6.25.